The summed E-state index contributed by atoms with van der Waals surface area (Å²) in [4.78, 5) is 12.5. The number of carboxylic acids is 1. The van der Waals surface area contributed by atoms with E-state index in [-0.39, 0.29) is 39.4 Å². The Labute approximate surface area is 387 Å². The number of rotatable bonds is 8. The van der Waals surface area contributed by atoms with Crippen LogP contribution in [0.25, 0.3) is 0 Å². The predicted molar refractivity (Wildman–Crippen MR) is 231 cm³/mol. The van der Waals surface area contributed by atoms with Crippen molar-refractivity contribution in [2.24, 2.45) is 50.2 Å². The van der Waals surface area contributed by atoms with Crippen molar-refractivity contribution in [1.82, 2.24) is 0 Å². The van der Waals surface area contributed by atoms with Crippen molar-refractivity contribution in [3.05, 3.63) is 11.6 Å². The van der Waals surface area contributed by atoms with Gasteiger partial charge in [-0.3, -0.25) is 0 Å². The molecule has 3 aliphatic heterocycles. The molecule has 11 N–H and O–H groups in total. The molecule has 0 spiro atoms. The third-order valence-electron chi connectivity index (χ3n) is 19.4. The molecule has 25 atom stereocenters. The number of fused-ring (bicyclic) bond motifs is 7. The quantitative estimate of drug-likeness (QED) is 0.118. The van der Waals surface area contributed by atoms with E-state index in [4.69, 9.17) is 28.4 Å². The van der Waals surface area contributed by atoms with Crippen molar-refractivity contribution < 1.29 is 89.4 Å². The molecule has 0 amide bonds. The van der Waals surface area contributed by atoms with Gasteiger partial charge in [0.25, 0.3) is 0 Å². The third kappa shape index (κ3) is 7.69. The number of carbonyl (C=O) groups is 1. The van der Waals surface area contributed by atoms with E-state index in [2.05, 4.69) is 61.5 Å². The number of aliphatic carboxylic acids is 1. The largest absolute Gasteiger partial charge is 0.479 e. The van der Waals surface area contributed by atoms with Gasteiger partial charge in [0.2, 0.25) is 0 Å². The molecule has 4 saturated carbocycles. The maximum absolute atomic E-state index is 12.5. The zero-order valence-corrected chi connectivity index (χ0v) is 39.8. The Morgan fingerprint density at radius 2 is 1.27 bits per heavy atom. The Bertz CT molecular complexity index is 1830. The zero-order valence-electron chi connectivity index (χ0n) is 39.8. The van der Waals surface area contributed by atoms with E-state index in [1.807, 2.05) is 0 Å². The van der Waals surface area contributed by atoms with Crippen LogP contribution in [-0.2, 0) is 33.2 Å². The van der Waals surface area contributed by atoms with E-state index < -0.39 is 134 Å². The monoisotopic (exact) mass is 943 g/mol. The van der Waals surface area contributed by atoms with E-state index in [9.17, 15) is 61.0 Å². The van der Waals surface area contributed by atoms with Crippen LogP contribution in [0.15, 0.2) is 11.6 Å². The SMILES string of the molecule is CC1OC(OC2C(OC3C(OC4CCC5(C)C(CCC6(C)C5CC=C5C7CC(C)(C)CC(O)C7(C)C(O)CC56C)C4(C)C)OC(C(=O)O)C(O)C3O)OC(CO)C(O)C2O)C(O)C(O)C1O. The van der Waals surface area contributed by atoms with Gasteiger partial charge in [-0.25, -0.2) is 4.79 Å². The number of aliphatic hydroxyl groups excluding tert-OH is 10. The second kappa shape index (κ2) is 17.4. The molecule has 0 bridgehead atoms. The highest BCUT2D eigenvalue weighted by Gasteiger charge is 2.71. The van der Waals surface area contributed by atoms with Crippen LogP contribution < -0.4 is 0 Å². The predicted octanol–water partition coefficient (Wildman–Crippen LogP) is 0.703. The first-order valence-electron chi connectivity index (χ1n) is 24.2. The van der Waals surface area contributed by atoms with Crippen LogP contribution in [0.2, 0.25) is 0 Å². The molecule has 25 unspecified atom stereocenters. The van der Waals surface area contributed by atoms with Crippen LogP contribution in [0.4, 0.5) is 0 Å². The summed E-state index contributed by atoms with van der Waals surface area (Å²) in [5.41, 5.74) is -0.618. The van der Waals surface area contributed by atoms with Gasteiger partial charge < -0.3 is 84.6 Å². The molecule has 0 radical (unpaired) electrons. The smallest absolute Gasteiger partial charge is 0.335 e. The van der Waals surface area contributed by atoms with Crippen LogP contribution >= 0.6 is 0 Å². The fourth-order valence-electron chi connectivity index (χ4n) is 15.2. The van der Waals surface area contributed by atoms with E-state index in [1.165, 1.54) is 12.5 Å². The first-order chi connectivity index (χ1) is 30.6. The molecule has 3 heterocycles. The second-order valence-electron chi connectivity index (χ2n) is 23.8. The van der Waals surface area contributed by atoms with Crippen LogP contribution in [0.5, 0.6) is 0 Å². The summed E-state index contributed by atoms with van der Waals surface area (Å²) in [6.45, 7) is 18.5. The lowest BCUT2D eigenvalue weighted by Gasteiger charge is -2.72. The number of ether oxygens (including phenoxy) is 6. The highest BCUT2D eigenvalue weighted by Crippen LogP contribution is 2.76. The van der Waals surface area contributed by atoms with Crippen LogP contribution in [-0.4, -0.2) is 179 Å². The summed E-state index contributed by atoms with van der Waals surface area (Å²) in [6, 6.07) is 0. The lowest BCUT2D eigenvalue weighted by atomic mass is 9.33. The summed E-state index contributed by atoms with van der Waals surface area (Å²) in [5, 5.41) is 120. The molecule has 5 aliphatic carbocycles. The summed E-state index contributed by atoms with van der Waals surface area (Å²) in [5.74, 6) is -1.21. The van der Waals surface area contributed by atoms with Gasteiger partial charge in [0.05, 0.1) is 31.0 Å². The minimum absolute atomic E-state index is 0.0459. The molecular formula is C48H78O18. The summed E-state index contributed by atoms with van der Waals surface area (Å²) >= 11 is 0. The average molecular weight is 943 g/mol. The zero-order chi connectivity index (χ0) is 48.6. The van der Waals surface area contributed by atoms with E-state index >= 15 is 0 Å². The van der Waals surface area contributed by atoms with Crippen molar-refractivity contribution >= 4 is 5.97 Å². The van der Waals surface area contributed by atoms with Crippen molar-refractivity contribution in [1.29, 1.82) is 0 Å². The minimum atomic E-state index is -2.04. The topological polar surface area (TPSA) is 295 Å². The third-order valence-corrected chi connectivity index (χ3v) is 19.4. The van der Waals surface area contributed by atoms with Gasteiger partial charge in [-0.1, -0.05) is 67.0 Å². The van der Waals surface area contributed by atoms with Crippen molar-refractivity contribution in [2.75, 3.05) is 6.61 Å². The molecule has 18 nitrogen and oxygen atoms in total. The highest BCUT2D eigenvalue weighted by molar-refractivity contribution is 5.73. The highest BCUT2D eigenvalue weighted by atomic mass is 16.8. The minimum Gasteiger partial charge on any atom is -0.479 e. The van der Waals surface area contributed by atoms with Gasteiger partial charge in [-0.2, -0.15) is 0 Å². The summed E-state index contributed by atoms with van der Waals surface area (Å²) < 4.78 is 36.3. The molecular weight excluding hydrogens is 865 g/mol. The van der Waals surface area contributed by atoms with Crippen molar-refractivity contribution in [3.8, 4) is 0 Å². The first kappa shape index (κ1) is 50.9. The number of hydrogen-bond donors (Lipinski definition) is 11. The van der Waals surface area contributed by atoms with Crippen molar-refractivity contribution in [3.63, 3.8) is 0 Å². The number of carboxylic acid groups (broad SMARTS) is 1. The molecule has 3 saturated heterocycles. The number of aliphatic hydroxyl groups is 10. The molecule has 378 valence electrons. The number of allylic oxidation sites excluding steroid dienone is 2. The molecule has 0 aromatic heterocycles. The first-order valence-corrected chi connectivity index (χ1v) is 24.2. The van der Waals surface area contributed by atoms with E-state index in [0.717, 1.165) is 32.1 Å². The molecule has 0 aromatic carbocycles. The standard InChI is InChI=1S/C48H78O18/c1-20-29(52)31(54)35(58)40(61-20)65-37-32(55)30(53)23(19-49)62-41(37)66-38-34(57)33(56)36(39(59)60)64-42(38)63-28-13-14-45(6)24(44(28,4)5)12-15-46(7)25(45)11-10-21-22-16-43(2,3)17-26(50)48(22,9)27(51)18-47(21,46)8/h10,20,22-38,40-42,49-58H,11-19H2,1-9H3,(H,59,60). The average Bonchev–Trinajstić information content (AvgIpc) is 3.23. The van der Waals surface area contributed by atoms with Gasteiger partial charge >= 0.3 is 5.97 Å². The van der Waals surface area contributed by atoms with Gasteiger partial charge in [-0.15, -0.1) is 0 Å². The fraction of sp³-hybridized carbons (Fsp3) is 0.938. The van der Waals surface area contributed by atoms with E-state index in [1.54, 1.807) is 0 Å². The fourth-order valence-corrected chi connectivity index (χ4v) is 15.2. The van der Waals surface area contributed by atoms with Crippen molar-refractivity contribution in [2.45, 2.75) is 224 Å². The maximum Gasteiger partial charge on any atom is 0.335 e. The molecule has 8 rings (SSSR count). The maximum atomic E-state index is 12.5. The normalized spacial score (nSPS) is 55.6. The molecule has 8 aliphatic rings. The van der Waals surface area contributed by atoms with Crippen LogP contribution in [0.1, 0.15) is 114 Å². The molecule has 18 heteroatoms. The Morgan fingerprint density at radius 1 is 0.667 bits per heavy atom. The Morgan fingerprint density at radius 3 is 1.91 bits per heavy atom. The summed E-state index contributed by atoms with van der Waals surface area (Å²) in [6.07, 6.45) is -19.4. The number of hydrogen-bond acceptors (Lipinski definition) is 17. The van der Waals surface area contributed by atoms with Gasteiger partial charge in [0.1, 0.15) is 61.0 Å². The Balaban J connectivity index is 1.07. The van der Waals surface area contributed by atoms with Gasteiger partial charge in [0, 0.05) is 5.41 Å². The second-order valence-corrected chi connectivity index (χ2v) is 23.8. The Kier molecular flexibility index (Phi) is 13.4. The lowest BCUT2D eigenvalue weighted by Crippen LogP contribution is -2.68. The van der Waals surface area contributed by atoms with Gasteiger partial charge in [0.15, 0.2) is 25.0 Å². The Hall–Kier alpha value is -1.43. The van der Waals surface area contributed by atoms with Gasteiger partial charge in [-0.05, 0) is 103 Å². The molecule has 0 aromatic rings. The van der Waals surface area contributed by atoms with E-state index in [0.29, 0.717) is 19.3 Å². The summed E-state index contributed by atoms with van der Waals surface area (Å²) in [7, 11) is 0. The molecule has 66 heavy (non-hydrogen) atoms. The van der Waals surface area contributed by atoms with Crippen LogP contribution in [0, 0.1) is 50.2 Å². The molecule has 7 fully saturated rings. The lowest BCUT2D eigenvalue weighted by molar-refractivity contribution is -0.395. The van der Waals surface area contributed by atoms with Crippen LogP contribution in [0.3, 0.4) is 0 Å².